The molecule has 2 aromatic rings. The maximum atomic E-state index is 11.8. The Morgan fingerprint density at radius 3 is 3.06 bits per heavy atom. The molecule has 18 heavy (non-hydrogen) atoms. The van der Waals surface area contributed by atoms with Gasteiger partial charge < -0.3 is 10.6 Å². The zero-order valence-electron chi connectivity index (χ0n) is 10.00. The molecule has 0 fully saturated rings. The number of amides is 1. The SMILES string of the molecule is CNc1cccc(C(=O)NCCn2ccnn2)n1. The molecule has 0 aliphatic heterocycles. The minimum Gasteiger partial charge on any atom is -0.373 e. The van der Waals surface area contributed by atoms with Crippen molar-refractivity contribution in [1.29, 1.82) is 0 Å². The number of rotatable bonds is 5. The first kappa shape index (κ1) is 12.0. The second kappa shape index (κ2) is 5.76. The molecule has 94 valence electrons. The first-order valence-corrected chi connectivity index (χ1v) is 5.56. The van der Waals surface area contributed by atoms with Crippen LogP contribution in [0.5, 0.6) is 0 Å². The van der Waals surface area contributed by atoms with Gasteiger partial charge >= 0.3 is 0 Å². The van der Waals surface area contributed by atoms with Crippen molar-refractivity contribution in [1.82, 2.24) is 25.3 Å². The molecule has 0 spiro atoms. The summed E-state index contributed by atoms with van der Waals surface area (Å²) in [4.78, 5) is 15.9. The number of carbonyl (C=O) groups is 1. The number of nitrogens with zero attached hydrogens (tertiary/aromatic N) is 4. The number of nitrogens with one attached hydrogen (secondary N) is 2. The quantitative estimate of drug-likeness (QED) is 0.784. The minimum absolute atomic E-state index is 0.202. The molecular weight excluding hydrogens is 232 g/mol. The maximum Gasteiger partial charge on any atom is 0.270 e. The number of anilines is 1. The fraction of sp³-hybridized carbons (Fsp3) is 0.273. The van der Waals surface area contributed by atoms with Crippen LogP contribution in [-0.4, -0.2) is 39.5 Å². The molecule has 2 N–H and O–H groups in total. The second-order valence-corrected chi connectivity index (χ2v) is 3.58. The van der Waals surface area contributed by atoms with Crippen molar-refractivity contribution in [2.45, 2.75) is 6.54 Å². The molecule has 7 nitrogen and oxygen atoms in total. The fourth-order valence-corrected chi connectivity index (χ4v) is 1.43. The summed E-state index contributed by atoms with van der Waals surface area (Å²) < 4.78 is 1.65. The van der Waals surface area contributed by atoms with Crippen molar-refractivity contribution in [3.8, 4) is 0 Å². The van der Waals surface area contributed by atoms with Crippen molar-refractivity contribution < 1.29 is 4.79 Å². The van der Waals surface area contributed by atoms with Crippen LogP contribution in [0.25, 0.3) is 0 Å². The van der Waals surface area contributed by atoms with Crippen molar-refractivity contribution in [2.75, 3.05) is 18.9 Å². The molecule has 0 aliphatic carbocycles. The molecule has 1 amide bonds. The zero-order valence-corrected chi connectivity index (χ0v) is 10.00. The average Bonchev–Trinajstić information content (AvgIpc) is 2.92. The lowest BCUT2D eigenvalue weighted by Crippen LogP contribution is -2.28. The van der Waals surface area contributed by atoms with Crippen molar-refractivity contribution in [3.05, 3.63) is 36.3 Å². The zero-order chi connectivity index (χ0) is 12.8. The van der Waals surface area contributed by atoms with Crippen LogP contribution in [0.4, 0.5) is 5.82 Å². The van der Waals surface area contributed by atoms with Crippen molar-refractivity contribution in [3.63, 3.8) is 0 Å². The predicted molar refractivity (Wildman–Crippen MR) is 66.1 cm³/mol. The van der Waals surface area contributed by atoms with E-state index < -0.39 is 0 Å². The average molecular weight is 246 g/mol. The third kappa shape index (κ3) is 3.03. The lowest BCUT2D eigenvalue weighted by Gasteiger charge is -2.05. The summed E-state index contributed by atoms with van der Waals surface area (Å²) in [5.74, 6) is 0.464. The lowest BCUT2D eigenvalue weighted by molar-refractivity contribution is 0.0947. The predicted octanol–water partition coefficient (Wildman–Crippen LogP) is 0.145. The van der Waals surface area contributed by atoms with E-state index in [1.165, 1.54) is 0 Å². The molecule has 0 bridgehead atoms. The van der Waals surface area contributed by atoms with Gasteiger partial charge in [-0.05, 0) is 12.1 Å². The molecule has 7 heteroatoms. The Balaban J connectivity index is 1.87. The maximum absolute atomic E-state index is 11.8. The highest BCUT2D eigenvalue weighted by Gasteiger charge is 2.06. The molecule has 0 radical (unpaired) electrons. The molecule has 2 rings (SSSR count). The molecule has 0 unspecified atom stereocenters. The second-order valence-electron chi connectivity index (χ2n) is 3.58. The van der Waals surface area contributed by atoms with Gasteiger partial charge in [-0.1, -0.05) is 11.3 Å². The Morgan fingerprint density at radius 1 is 1.44 bits per heavy atom. The van der Waals surface area contributed by atoms with Gasteiger partial charge in [-0.2, -0.15) is 0 Å². The van der Waals surface area contributed by atoms with Gasteiger partial charge in [0, 0.05) is 19.8 Å². The molecule has 0 aliphatic rings. The summed E-state index contributed by atoms with van der Waals surface area (Å²) in [6.07, 6.45) is 3.34. The number of hydrogen-bond acceptors (Lipinski definition) is 5. The summed E-state index contributed by atoms with van der Waals surface area (Å²) >= 11 is 0. The topological polar surface area (TPSA) is 84.7 Å². The molecule has 0 atom stereocenters. The first-order chi connectivity index (χ1) is 8.79. The van der Waals surface area contributed by atoms with Crippen LogP contribution in [-0.2, 0) is 6.54 Å². The molecule has 0 saturated heterocycles. The monoisotopic (exact) mass is 246 g/mol. The van der Waals surface area contributed by atoms with Crippen LogP contribution in [0.1, 0.15) is 10.5 Å². The summed E-state index contributed by atoms with van der Waals surface area (Å²) in [6.45, 7) is 1.06. The van der Waals surface area contributed by atoms with Crippen LogP contribution in [0.3, 0.4) is 0 Å². The normalized spacial score (nSPS) is 10.1. The number of carbonyl (C=O) groups excluding carboxylic acids is 1. The number of pyridine rings is 1. The van der Waals surface area contributed by atoms with Crippen LogP contribution >= 0.6 is 0 Å². The standard InChI is InChI=1S/C11H14N6O/c1-12-10-4-2-3-9(15-10)11(18)13-5-7-17-8-6-14-16-17/h2-4,6,8H,5,7H2,1H3,(H,12,15)(H,13,18). The van der Waals surface area contributed by atoms with E-state index in [4.69, 9.17) is 0 Å². The van der Waals surface area contributed by atoms with Gasteiger partial charge in [0.05, 0.1) is 12.7 Å². The van der Waals surface area contributed by atoms with E-state index in [-0.39, 0.29) is 5.91 Å². The van der Waals surface area contributed by atoms with E-state index >= 15 is 0 Å². The van der Waals surface area contributed by atoms with E-state index in [9.17, 15) is 4.79 Å². The van der Waals surface area contributed by atoms with E-state index in [0.717, 1.165) is 0 Å². The smallest absolute Gasteiger partial charge is 0.270 e. The first-order valence-electron chi connectivity index (χ1n) is 5.56. The number of hydrogen-bond donors (Lipinski definition) is 2. The summed E-state index contributed by atoms with van der Waals surface area (Å²) in [5, 5.41) is 13.1. The Bertz CT molecular complexity index is 510. The molecule has 0 aromatic carbocycles. The van der Waals surface area contributed by atoms with Crippen LogP contribution in [0, 0.1) is 0 Å². The summed E-state index contributed by atoms with van der Waals surface area (Å²) in [6, 6.07) is 5.25. The van der Waals surface area contributed by atoms with Crippen LogP contribution in [0.15, 0.2) is 30.6 Å². The fourth-order valence-electron chi connectivity index (χ4n) is 1.43. The highest BCUT2D eigenvalue weighted by molar-refractivity contribution is 5.92. The van der Waals surface area contributed by atoms with E-state index in [1.807, 2.05) is 0 Å². The Hall–Kier alpha value is -2.44. The highest BCUT2D eigenvalue weighted by atomic mass is 16.1. The Morgan fingerprint density at radius 2 is 2.33 bits per heavy atom. The number of aromatic nitrogens is 4. The lowest BCUT2D eigenvalue weighted by atomic mass is 10.3. The minimum atomic E-state index is -0.202. The highest BCUT2D eigenvalue weighted by Crippen LogP contribution is 2.03. The van der Waals surface area contributed by atoms with E-state index in [0.29, 0.717) is 24.6 Å². The van der Waals surface area contributed by atoms with Gasteiger partial charge in [0.1, 0.15) is 11.5 Å². The Kier molecular flexibility index (Phi) is 3.85. The van der Waals surface area contributed by atoms with Crippen LogP contribution in [0.2, 0.25) is 0 Å². The van der Waals surface area contributed by atoms with E-state index in [1.54, 1.807) is 42.3 Å². The van der Waals surface area contributed by atoms with E-state index in [2.05, 4.69) is 25.9 Å². The molecule has 2 aromatic heterocycles. The largest absolute Gasteiger partial charge is 0.373 e. The Labute approximate surface area is 104 Å². The molecule has 2 heterocycles. The van der Waals surface area contributed by atoms with Crippen molar-refractivity contribution >= 4 is 11.7 Å². The van der Waals surface area contributed by atoms with Gasteiger partial charge in [-0.15, -0.1) is 5.10 Å². The third-order valence-electron chi connectivity index (χ3n) is 2.34. The van der Waals surface area contributed by atoms with Crippen molar-refractivity contribution in [2.24, 2.45) is 0 Å². The summed E-state index contributed by atoms with van der Waals surface area (Å²) in [5.41, 5.74) is 0.389. The van der Waals surface area contributed by atoms with Gasteiger partial charge in [0.2, 0.25) is 0 Å². The van der Waals surface area contributed by atoms with Gasteiger partial charge in [0.15, 0.2) is 0 Å². The van der Waals surface area contributed by atoms with Crippen LogP contribution < -0.4 is 10.6 Å². The van der Waals surface area contributed by atoms with Gasteiger partial charge in [-0.3, -0.25) is 9.48 Å². The molecule has 0 saturated carbocycles. The van der Waals surface area contributed by atoms with Gasteiger partial charge in [0.25, 0.3) is 5.91 Å². The van der Waals surface area contributed by atoms with Gasteiger partial charge in [-0.25, -0.2) is 4.98 Å². The third-order valence-corrected chi connectivity index (χ3v) is 2.34. The summed E-state index contributed by atoms with van der Waals surface area (Å²) in [7, 11) is 1.76. The molecular formula is C11H14N6O.